The van der Waals surface area contributed by atoms with Crippen molar-refractivity contribution in [2.24, 2.45) is 11.3 Å². The van der Waals surface area contributed by atoms with Gasteiger partial charge in [-0.25, -0.2) is 0 Å². The Morgan fingerprint density at radius 1 is 1.24 bits per heavy atom. The summed E-state index contributed by atoms with van der Waals surface area (Å²) < 4.78 is 6.16. The van der Waals surface area contributed by atoms with Crippen LogP contribution in [0.4, 0.5) is 0 Å². The highest BCUT2D eigenvalue weighted by Crippen LogP contribution is 2.49. The van der Waals surface area contributed by atoms with E-state index in [0.29, 0.717) is 12.0 Å². The summed E-state index contributed by atoms with van der Waals surface area (Å²) in [4.78, 5) is 11.3. The lowest BCUT2D eigenvalue weighted by molar-refractivity contribution is 0.0265. The smallest absolute Gasteiger partial charge is 0.0718 e. The third-order valence-corrected chi connectivity index (χ3v) is 5.85. The lowest BCUT2D eigenvalue weighted by Gasteiger charge is -2.29. The molecule has 2 aromatic rings. The minimum absolute atomic E-state index is 0.344. The SMILES string of the molecule is Cc1cccc(CN2C[C@H]3CCC[C@@]3(COCc3ccncc3)C2)n1. The number of fused-ring (bicyclic) bond motifs is 1. The quantitative estimate of drug-likeness (QED) is 0.807. The fraction of sp³-hybridized carbons (Fsp3) is 0.524. The summed E-state index contributed by atoms with van der Waals surface area (Å²) in [5.74, 6) is 0.773. The maximum Gasteiger partial charge on any atom is 0.0718 e. The summed E-state index contributed by atoms with van der Waals surface area (Å²) in [5, 5.41) is 0. The molecule has 0 amide bonds. The van der Waals surface area contributed by atoms with Crippen LogP contribution in [-0.4, -0.2) is 34.6 Å². The Morgan fingerprint density at radius 2 is 2.12 bits per heavy atom. The first-order valence-corrected chi connectivity index (χ1v) is 9.35. The number of ether oxygens (including phenoxy) is 1. The van der Waals surface area contributed by atoms with E-state index in [-0.39, 0.29) is 0 Å². The van der Waals surface area contributed by atoms with Crippen molar-refractivity contribution in [1.82, 2.24) is 14.9 Å². The van der Waals surface area contributed by atoms with Gasteiger partial charge >= 0.3 is 0 Å². The first kappa shape index (κ1) is 16.7. The summed E-state index contributed by atoms with van der Waals surface area (Å²) in [6.07, 6.45) is 7.66. The molecule has 25 heavy (non-hydrogen) atoms. The molecule has 1 saturated heterocycles. The van der Waals surface area contributed by atoms with Crippen LogP contribution in [0.3, 0.4) is 0 Å². The predicted molar refractivity (Wildman–Crippen MR) is 97.9 cm³/mol. The highest BCUT2D eigenvalue weighted by Gasteiger charge is 2.49. The second kappa shape index (κ2) is 7.22. The van der Waals surface area contributed by atoms with E-state index in [2.05, 4.69) is 40.0 Å². The van der Waals surface area contributed by atoms with Gasteiger partial charge in [-0.1, -0.05) is 12.5 Å². The lowest BCUT2D eigenvalue weighted by Crippen LogP contribution is -2.32. The van der Waals surface area contributed by atoms with Gasteiger partial charge in [0.2, 0.25) is 0 Å². The molecule has 2 atom stereocenters. The van der Waals surface area contributed by atoms with E-state index in [1.807, 2.05) is 24.5 Å². The van der Waals surface area contributed by atoms with Crippen LogP contribution in [0.15, 0.2) is 42.7 Å². The van der Waals surface area contributed by atoms with Crippen molar-refractivity contribution in [3.63, 3.8) is 0 Å². The average Bonchev–Trinajstić information content (AvgIpc) is 3.12. The van der Waals surface area contributed by atoms with E-state index in [1.54, 1.807) is 0 Å². The van der Waals surface area contributed by atoms with Gasteiger partial charge < -0.3 is 4.74 Å². The maximum atomic E-state index is 6.16. The van der Waals surface area contributed by atoms with Crippen molar-refractivity contribution in [3.05, 3.63) is 59.7 Å². The average molecular weight is 337 g/mol. The standard InChI is InChI=1S/C21H27N3O/c1-17-4-2-6-20(23-17)13-24-12-19-5-3-9-21(19,15-24)16-25-14-18-7-10-22-11-8-18/h2,4,6-8,10-11,19H,3,5,9,12-16H2,1H3/t19-,21+/m1/s1. The number of likely N-dealkylation sites (tertiary alicyclic amines) is 1. The van der Waals surface area contributed by atoms with Crippen molar-refractivity contribution < 1.29 is 4.74 Å². The molecular formula is C21H27N3O. The Hall–Kier alpha value is -1.78. The largest absolute Gasteiger partial charge is 0.376 e. The van der Waals surface area contributed by atoms with Crippen LogP contribution >= 0.6 is 0 Å². The Labute approximate surface area is 150 Å². The minimum atomic E-state index is 0.344. The van der Waals surface area contributed by atoms with Crippen LogP contribution in [-0.2, 0) is 17.9 Å². The number of hydrogen-bond acceptors (Lipinski definition) is 4. The molecule has 2 fully saturated rings. The highest BCUT2D eigenvalue weighted by molar-refractivity contribution is 5.11. The van der Waals surface area contributed by atoms with Gasteiger partial charge in [-0.3, -0.25) is 14.9 Å². The third kappa shape index (κ3) is 3.75. The molecule has 1 saturated carbocycles. The molecule has 0 aromatic carbocycles. The zero-order chi connectivity index (χ0) is 17.1. The fourth-order valence-electron chi connectivity index (χ4n) is 4.65. The molecule has 4 rings (SSSR count). The second-order valence-electron chi connectivity index (χ2n) is 7.74. The van der Waals surface area contributed by atoms with E-state index in [4.69, 9.17) is 4.74 Å². The molecule has 2 aromatic heterocycles. The zero-order valence-electron chi connectivity index (χ0n) is 15.0. The summed E-state index contributed by atoms with van der Waals surface area (Å²) >= 11 is 0. The Morgan fingerprint density at radius 3 is 2.96 bits per heavy atom. The number of aromatic nitrogens is 2. The van der Waals surface area contributed by atoms with E-state index < -0.39 is 0 Å². The Kier molecular flexibility index (Phi) is 4.82. The molecule has 0 N–H and O–H groups in total. The van der Waals surface area contributed by atoms with Crippen LogP contribution in [0.2, 0.25) is 0 Å². The normalized spacial score (nSPS) is 26.0. The van der Waals surface area contributed by atoms with Crippen LogP contribution < -0.4 is 0 Å². The third-order valence-electron chi connectivity index (χ3n) is 5.85. The summed E-state index contributed by atoms with van der Waals surface area (Å²) in [7, 11) is 0. The summed E-state index contributed by atoms with van der Waals surface area (Å²) in [5.41, 5.74) is 3.84. The second-order valence-corrected chi connectivity index (χ2v) is 7.74. The van der Waals surface area contributed by atoms with Crippen molar-refractivity contribution in [2.75, 3.05) is 19.7 Å². The van der Waals surface area contributed by atoms with Crippen molar-refractivity contribution in [2.45, 2.75) is 39.3 Å². The Bertz CT molecular complexity index is 705. The maximum absolute atomic E-state index is 6.16. The number of aryl methyl sites for hydroxylation is 1. The first-order valence-electron chi connectivity index (χ1n) is 9.35. The number of hydrogen-bond donors (Lipinski definition) is 0. The summed E-state index contributed by atoms with van der Waals surface area (Å²) in [6, 6.07) is 10.4. The van der Waals surface area contributed by atoms with Gasteiger partial charge in [0.1, 0.15) is 0 Å². The van der Waals surface area contributed by atoms with Crippen LogP contribution in [0.1, 0.15) is 36.2 Å². The van der Waals surface area contributed by atoms with Gasteiger partial charge in [0.05, 0.1) is 18.9 Å². The van der Waals surface area contributed by atoms with Crippen molar-refractivity contribution >= 4 is 0 Å². The molecule has 1 aliphatic carbocycles. The van der Waals surface area contributed by atoms with Crippen molar-refractivity contribution in [3.8, 4) is 0 Å². The highest BCUT2D eigenvalue weighted by atomic mass is 16.5. The van der Waals surface area contributed by atoms with Gasteiger partial charge in [-0.2, -0.15) is 0 Å². The van der Waals surface area contributed by atoms with Crippen LogP contribution in [0, 0.1) is 18.3 Å². The number of nitrogens with zero attached hydrogens (tertiary/aromatic N) is 3. The first-order chi connectivity index (χ1) is 12.2. The zero-order valence-corrected chi connectivity index (χ0v) is 15.0. The van der Waals surface area contributed by atoms with Crippen LogP contribution in [0.5, 0.6) is 0 Å². The van der Waals surface area contributed by atoms with Gasteiger partial charge in [-0.15, -0.1) is 0 Å². The van der Waals surface area contributed by atoms with Gasteiger partial charge in [0, 0.05) is 43.1 Å². The molecule has 0 radical (unpaired) electrons. The molecule has 0 spiro atoms. The topological polar surface area (TPSA) is 38.2 Å². The molecule has 4 heteroatoms. The van der Waals surface area contributed by atoms with Crippen LogP contribution in [0.25, 0.3) is 0 Å². The molecule has 4 nitrogen and oxygen atoms in total. The molecular weight excluding hydrogens is 310 g/mol. The van der Waals surface area contributed by atoms with E-state index >= 15 is 0 Å². The molecule has 2 aliphatic rings. The Balaban J connectivity index is 1.37. The van der Waals surface area contributed by atoms with E-state index in [0.717, 1.165) is 31.3 Å². The molecule has 3 heterocycles. The van der Waals surface area contributed by atoms with Gasteiger partial charge in [-0.05, 0) is 55.5 Å². The molecule has 0 bridgehead atoms. The van der Waals surface area contributed by atoms with Crippen molar-refractivity contribution in [1.29, 1.82) is 0 Å². The van der Waals surface area contributed by atoms with E-state index in [1.165, 1.54) is 37.1 Å². The molecule has 0 unspecified atom stereocenters. The summed E-state index contributed by atoms with van der Waals surface area (Å²) in [6.45, 7) is 6.92. The minimum Gasteiger partial charge on any atom is -0.376 e. The van der Waals surface area contributed by atoms with E-state index in [9.17, 15) is 0 Å². The molecule has 1 aliphatic heterocycles. The molecule has 132 valence electrons. The fourth-order valence-corrected chi connectivity index (χ4v) is 4.65. The monoisotopic (exact) mass is 337 g/mol. The number of pyridine rings is 2. The number of rotatable bonds is 6. The van der Waals surface area contributed by atoms with Gasteiger partial charge in [0.25, 0.3) is 0 Å². The van der Waals surface area contributed by atoms with Gasteiger partial charge in [0.15, 0.2) is 0 Å². The predicted octanol–water partition coefficient (Wildman–Crippen LogP) is 3.60. The lowest BCUT2D eigenvalue weighted by atomic mass is 9.81.